The molecule has 0 bridgehead atoms. The Kier molecular flexibility index (Phi) is 6.00. The fourth-order valence-corrected chi connectivity index (χ4v) is 4.48. The van der Waals surface area contributed by atoms with Crippen LogP contribution in [0.4, 0.5) is 5.95 Å². The van der Waals surface area contributed by atoms with Gasteiger partial charge < -0.3 is 24.0 Å². The molecule has 8 heteroatoms. The Balaban J connectivity index is 1.68. The molecule has 31 heavy (non-hydrogen) atoms. The zero-order chi connectivity index (χ0) is 22.1. The van der Waals surface area contributed by atoms with Crippen LogP contribution < -0.4 is 19.1 Å². The van der Waals surface area contributed by atoms with E-state index in [4.69, 9.17) is 19.2 Å². The van der Waals surface area contributed by atoms with Crippen LogP contribution in [0.3, 0.4) is 0 Å². The normalized spacial score (nSPS) is 19.2. The predicted molar refractivity (Wildman–Crippen MR) is 118 cm³/mol. The molecule has 0 spiro atoms. The van der Waals surface area contributed by atoms with Crippen LogP contribution in [-0.2, 0) is 6.42 Å². The zero-order valence-corrected chi connectivity index (χ0v) is 18.9. The molecule has 0 unspecified atom stereocenters. The molecular formula is C23H30N4O4. The highest BCUT2D eigenvalue weighted by atomic mass is 16.5. The van der Waals surface area contributed by atoms with E-state index in [-0.39, 0.29) is 11.7 Å². The van der Waals surface area contributed by atoms with Gasteiger partial charge in [-0.25, -0.2) is 9.97 Å². The summed E-state index contributed by atoms with van der Waals surface area (Å²) in [5, 5.41) is 0. The van der Waals surface area contributed by atoms with Gasteiger partial charge in [-0.3, -0.25) is 4.79 Å². The standard InChI is InChI=1S/C23H30N4O4/c1-14-21-17(25-23(24-14)27-8-6-26(2)7-9-27)10-15(11-18(21)28)16-12-19(29-3)22(31-5)20(13-16)30-4/h12-13,15H,6-11H2,1-5H3/t15-/m0/s1. The predicted octanol–water partition coefficient (Wildman–Crippen LogP) is 2.48. The lowest BCUT2D eigenvalue weighted by Gasteiger charge is -2.33. The van der Waals surface area contributed by atoms with Gasteiger partial charge in [0.25, 0.3) is 0 Å². The number of carbonyl (C=O) groups excluding carboxylic acids is 1. The van der Waals surface area contributed by atoms with Crippen LogP contribution in [0.15, 0.2) is 12.1 Å². The van der Waals surface area contributed by atoms with Gasteiger partial charge in [0, 0.05) is 32.6 Å². The van der Waals surface area contributed by atoms with Crippen LogP contribution in [-0.4, -0.2) is 75.2 Å². The van der Waals surface area contributed by atoms with Crippen LogP contribution in [0.1, 0.15) is 39.6 Å². The third-order valence-corrected chi connectivity index (χ3v) is 6.25. The number of hydrogen-bond acceptors (Lipinski definition) is 8. The second-order valence-corrected chi connectivity index (χ2v) is 8.21. The van der Waals surface area contributed by atoms with Crippen molar-refractivity contribution in [3.63, 3.8) is 0 Å². The summed E-state index contributed by atoms with van der Waals surface area (Å²) in [6.07, 6.45) is 1.08. The van der Waals surface area contributed by atoms with E-state index in [0.29, 0.717) is 35.7 Å². The second kappa shape index (κ2) is 8.70. The molecule has 0 amide bonds. The van der Waals surface area contributed by atoms with Gasteiger partial charge in [-0.15, -0.1) is 0 Å². The summed E-state index contributed by atoms with van der Waals surface area (Å²) in [4.78, 5) is 27.1. The van der Waals surface area contributed by atoms with E-state index in [0.717, 1.165) is 49.1 Å². The van der Waals surface area contributed by atoms with E-state index in [9.17, 15) is 4.79 Å². The maximum atomic E-state index is 13.1. The summed E-state index contributed by atoms with van der Waals surface area (Å²) < 4.78 is 16.5. The number of ether oxygens (including phenoxy) is 3. The van der Waals surface area contributed by atoms with Crippen LogP contribution in [0, 0.1) is 6.92 Å². The summed E-state index contributed by atoms with van der Waals surface area (Å²) in [6.45, 7) is 5.65. The van der Waals surface area contributed by atoms with Crippen molar-refractivity contribution < 1.29 is 19.0 Å². The second-order valence-electron chi connectivity index (χ2n) is 8.21. The summed E-state index contributed by atoms with van der Waals surface area (Å²) in [5.74, 6) is 2.53. The van der Waals surface area contributed by atoms with Crippen LogP contribution in [0.2, 0.25) is 0 Å². The largest absolute Gasteiger partial charge is 0.493 e. The zero-order valence-electron chi connectivity index (χ0n) is 18.9. The van der Waals surface area contributed by atoms with Gasteiger partial charge in [0.2, 0.25) is 11.7 Å². The molecule has 2 aliphatic rings. The summed E-state index contributed by atoms with van der Waals surface area (Å²) in [6, 6.07) is 3.86. The highest BCUT2D eigenvalue weighted by molar-refractivity contribution is 5.99. The lowest BCUT2D eigenvalue weighted by atomic mass is 9.81. The topological polar surface area (TPSA) is 77.0 Å². The quantitative estimate of drug-likeness (QED) is 0.722. The Morgan fingerprint density at radius 3 is 2.16 bits per heavy atom. The Morgan fingerprint density at radius 1 is 0.935 bits per heavy atom. The number of Topliss-reactive ketones (excluding diaryl/α,β-unsaturated/α-hetero) is 1. The van der Waals surface area contributed by atoms with Gasteiger partial charge in [-0.2, -0.15) is 0 Å². The van der Waals surface area contributed by atoms with E-state index in [1.807, 2.05) is 19.1 Å². The van der Waals surface area contributed by atoms with Gasteiger partial charge in [0.15, 0.2) is 17.3 Å². The minimum Gasteiger partial charge on any atom is -0.493 e. The van der Waals surface area contributed by atoms with Crippen molar-refractivity contribution in [1.29, 1.82) is 0 Å². The molecule has 2 heterocycles. The van der Waals surface area contributed by atoms with Gasteiger partial charge in [0.05, 0.1) is 38.3 Å². The number of hydrogen-bond donors (Lipinski definition) is 0. The number of aromatic nitrogens is 2. The molecule has 0 saturated carbocycles. The Morgan fingerprint density at radius 2 is 1.58 bits per heavy atom. The van der Waals surface area contributed by atoms with Crippen molar-refractivity contribution in [3.05, 3.63) is 34.6 Å². The number of benzene rings is 1. The number of piperazine rings is 1. The third-order valence-electron chi connectivity index (χ3n) is 6.25. The lowest BCUT2D eigenvalue weighted by Crippen LogP contribution is -2.45. The molecule has 1 aliphatic heterocycles. The van der Waals surface area contributed by atoms with Gasteiger partial charge in [-0.05, 0) is 44.0 Å². The molecular weight excluding hydrogens is 396 g/mol. The van der Waals surface area contributed by atoms with Crippen molar-refractivity contribution in [3.8, 4) is 17.2 Å². The SMILES string of the molecule is COc1cc([C@@H]2CC(=O)c3c(C)nc(N4CCN(C)CC4)nc3C2)cc(OC)c1OC. The summed E-state index contributed by atoms with van der Waals surface area (Å²) in [7, 11) is 6.90. The maximum Gasteiger partial charge on any atom is 0.225 e. The van der Waals surface area contributed by atoms with E-state index >= 15 is 0 Å². The third kappa shape index (κ3) is 4.04. The Labute approximate surface area is 183 Å². The monoisotopic (exact) mass is 426 g/mol. The van der Waals surface area contributed by atoms with Crippen molar-refractivity contribution in [2.24, 2.45) is 0 Å². The van der Waals surface area contributed by atoms with Crippen LogP contribution >= 0.6 is 0 Å². The molecule has 1 fully saturated rings. The van der Waals surface area contributed by atoms with Gasteiger partial charge in [-0.1, -0.05) is 0 Å². The maximum absolute atomic E-state index is 13.1. The van der Waals surface area contributed by atoms with Crippen molar-refractivity contribution >= 4 is 11.7 Å². The summed E-state index contributed by atoms with van der Waals surface area (Å²) in [5.41, 5.74) is 3.26. The minimum atomic E-state index is -0.0108. The van der Waals surface area contributed by atoms with E-state index in [1.54, 1.807) is 21.3 Å². The molecule has 0 N–H and O–H groups in total. The molecule has 4 rings (SSSR count). The molecule has 8 nitrogen and oxygen atoms in total. The number of likely N-dealkylation sites (N-methyl/N-ethyl adjacent to an activating group) is 1. The first-order valence-corrected chi connectivity index (χ1v) is 10.6. The fourth-order valence-electron chi connectivity index (χ4n) is 4.48. The number of nitrogens with zero attached hydrogens (tertiary/aromatic N) is 4. The number of carbonyl (C=O) groups is 1. The molecule has 166 valence electrons. The highest BCUT2D eigenvalue weighted by Gasteiger charge is 2.32. The van der Waals surface area contributed by atoms with Crippen LogP contribution in [0.25, 0.3) is 0 Å². The van der Waals surface area contributed by atoms with E-state index in [2.05, 4.69) is 21.8 Å². The molecule has 0 radical (unpaired) electrons. The Hall–Kier alpha value is -2.87. The lowest BCUT2D eigenvalue weighted by molar-refractivity contribution is 0.0961. The molecule has 2 aromatic rings. The number of rotatable bonds is 5. The van der Waals surface area contributed by atoms with Crippen molar-refractivity contribution in [1.82, 2.24) is 14.9 Å². The van der Waals surface area contributed by atoms with Crippen LogP contribution in [0.5, 0.6) is 17.2 Å². The fraction of sp³-hybridized carbons (Fsp3) is 0.522. The Bertz CT molecular complexity index is 961. The van der Waals surface area contributed by atoms with Crippen molar-refractivity contribution in [2.75, 3.05) is 59.5 Å². The smallest absolute Gasteiger partial charge is 0.225 e. The molecule has 1 atom stereocenters. The number of methoxy groups -OCH3 is 3. The van der Waals surface area contributed by atoms with Gasteiger partial charge >= 0.3 is 0 Å². The van der Waals surface area contributed by atoms with Crippen molar-refractivity contribution in [2.45, 2.75) is 25.7 Å². The van der Waals surface area contributed by atoms with E-state index < -0.39 is 0 Å². The molecule has 1 aromatic heterocycles. The molecule has 1 aromatic carbocycles. The average Bonchev–Trinajstić information content (AvgIpc) is 2.77. The molecule has 1 saturated heterocycles. The first kappa shape index (κ1) is 21.4. The number of ketones is 1. The molecule has 1 aliphatic carbocycles. The average molecular weight is 427 g/mol. The first-order chi connectivity index (χ1) is 14.9. The number of aryl methyl sites for hydroxylation is 1. The highest BCUT2D eigenvalue weighted by Crippen LogP contribution is 2.43. The minimum absolute atomic E-state index is 0.0108. The first-order valence-electron chi connectivity index (χ1n) is 10.6. The van der Waals surface area contributed by atoms with E-state index in [1.165, 1.54) is 0 Å². The summed E-state index contributed by atoms with van der Waals surface area (Å²) >= 11 is 0. The number of fused-ring (bicyclic) bond motifs is 1. The van der Waals surface area contributed by atoms with Gasteiger partial charge in [0.1, 0.15) is 0 Å². The number of anilines is 1.